The number of rotatable bonds is 13. The number of esters is 2. The van der Waals surface area contributed by atoms with Crippen LogP contribution in [0.15, 0.2) is 0 Å². The largest absolute Gasteiger partial charge is 0.467 e. The third kappa shape index (κ3) is 12.5. The number of nitrogens with one attached hydrogen (secondary N) is 3. The molecular weight excluding hydrogens is 887 g/mol. The molecule has 7 fully saturated rings. The summed E-state index contributed by atoms with van der Waals surface area (Å²) in [5.41, 5.74) is -1.42. The highest BCUT2D eigenvalue weighted by Crippen LogP contribution is 2.66. The monoisotopic (exact) mass is 972 g/mol. The van der Waals surface area contributed by atoms with E-state index in [1.54, 1.807) is 51.3 Å². The zero-order valence-corrected chi connectivity index (χ0v) is 43.7. The van der Waals surface area contributed by atoms with E-state index in [1.807, 2.05) is 0 Å². The number of hydrogen-bond acceptors (Lipinski definition) is 12. The number of fused-ring (bicyclic) bond motifs is 2. The molecule has 7 aliphatic rings. The Kier molecular flexibility index (Phi) is 16.7. The first-order valence-corrected chi connectivity index (χ1v) is 26.0. The van der Waals surface area contributed by atoms with Gasteiger partial charge in [-0.25, -0.2) is 19.2 Å². The van der Waals surface area contributed by atoms with E-state index in [-0.39, 0.29) is 64.1 Å². The number of methoxy groups -OCH3 is 2. The van der Waals surface area contributed by atoms with Crippen LogP contribution < -0.4 is 16.0 Å². The molecule has 69 heavy (non-hydrogen) atoms. The molecule has 2 heterocycles. The zero-order chi connectivity index (χ0) is 51.0. The molecule has 0 aromatic heterocycles. The van der Waals surface area contributed by atoms with Crippen LogP contribution in [0.2, 0.25) is 0 Å². The van der Waals surface area contributed by atoms with E-state index in [0.717, 1.165) is 83.5 Å². The van der Waals surface area contributed by atoms with E-state index in [2.05, 4.69) is 43.6 Å². The quantitative estimate of drug-likeness (QED) is 0.119. The Labute approximate surface area is 410 Å². The Morgan fingerprint density at radius 1 is 0.594 bits per heavy atom. The number of nitrogens with zero attached hydrogens (tertiary/aromatic N) is 2. The first-order valence-electron chi connectivity index (χ1n) is 26.0. The summed E-state index contributed by atoms with van der Waals surface area (Å²) in [6, 6.07) is -3.56. The van der Waals surface area contributed by atoms with Crippen molar-refractivity contribution >= 4 is 41.8 Å². The maximum atomic E-state index is 14.2. The van der Waals surface area contributed by atoms with Crippen LogP contribution in [0.1, 0.15) is 159 Å². The van der Waals surface area contributed by atoms with Crippen molar-refractivity contribution in [3.05, 3.63) is 0 Å². The minimum atomic E-state index is -1.48. The summed E-state index contributed by atoms with van der Waals surface area (Å²) in [5.74, 6) is -1.06. The maximum absolute atomic E-state index is 14.2. The van der Waals surface area contributed by atoms with Gasteiger partial charge in [-0.1, -0.05) is 85.5 Å². The molecular formula is C52H85N5O12. The van der Waals surface area contributed by atoms with Crippen LogP contribution in [0, 0.1) is 52.3 Å². The van der Waals surface area contributed by atoms with Crippen molar-refractivity contribution in [3.8, 4) is 0 Å². The first kappa shape index (κ1) is 54.2. The lowest BCUT2D eigenvalue weighted by molar-refractivity contribution is -0.154. The third-order valence-corrected chi connectivity index (χ3v) is 16.8. The maximum Gasteiger partial charge on any atom is 0.408 e. The number of piperidine rings is 2. The summed E-state index contributed by atoms with van der Waals surface area (Å²) in [7, 11) is 2.58. The molecule has 0 aromatic rings. The zero-order valence-electron chi connectivity index (χ0n) is 43.7. The van der Waals surface area contributed by atoms with Gasteiger partial charge in [0.1, 0.15) is 35.4 Å². The number of alkyl carbamates (subject to hydrolysis) is 2. The average Bonchev–Trinajstić information content (AvgIpc) is 3.72. The van der Waals surface area contributed by atoms with Gasteiger partial charge < -0.3 is 49.8 Å². The highest BCUT2D eigenvalue weighted by molar-refractivity contribution is 5.94. The van der Waals surface area contributed by atoms with Gasteiger partial charge in [0.05, 0.1) is 20.3 Å². The van der Waals surface area contributed by atoms with E-state index in [1.165, 1.54) is 14.2 Å². The fourth-order valence-corrected chi connectivity index (χ4v) is 12.5. The minimum absolute atomic E-state index is 0.0325. The molecule has 5 amide bonds. The van der Waals surface area contributed by atoms with Crippen molar-refractivity contribution in [2.45, 2.75) is 207 Å². The van der Waals surface area contributed by atoms with Crippen LogP contribution in [-0.2, 0) is 42.9 Å². The number of aliphatic hydroxyl groups excluding tert-OH is 1. The van der Waals surface area contributed by atoms with Crippen molar-refractivity contribution in [2.75, 3.05) is 27.3 Å². The van der Waals surface area contributed by atoms with Crippen LogP contribution in [0.4, 0.5) is 9.59 Å². The lowest BCUT2D eigenvalue weighted by Gasteiger charge is -2.38. The van der Waals surface area contributed by atoms with Crippen molar-refractivity contribution in [3.63, 3.8) is 0 Å². The normalized spacial score (nSPS) is 28.9. The Balaban J connectivity index is 0.000000239. The van der Waals surface area contributed by atoms with Gasteiger partial charge in [-0.05, 0) is 120 Å². The molecule has 0 aromatic carbocycles. The molecule has 2 aliphatic heterocycles. The van der Waals surface area contributed by atoms with Crippen molar-refractivity contribution in [1.82, 2.24) is 25.8 Å². The van der Waals surface area contributed by atoms with Crippen LogP contribution in [0.3, 0.4) is 0 Å². The van der Waals surface area contributed by atoms with Gasteiger partial charge >= 0.3 is 24.1 Å². The molecule has 0 spiro atoms. The Bertz CT molecular complexity index is 1890. The standard InChI is InChI=1S/C30H49N3O7.C22H36N2O5/c1-29(2,3)40-28(38)32-22(18-13-8-7-9-14-18)26(36)33-16-19-21(30(19,4)5)23(33)25(35)31-20(15-17-11-10-12-17)24(34)27(37)39-6;1-21(2,3)29-20(27)23-16(13-10-8-7-9-11-13)18(25)24-12-14-15(22(14,4)5)17(24)19(26)28-6/h17-24,34H,7-16H2,1-6H3,(H,31,35)(H,32,38);13-17H,7-12H2,1-6H3,(H,23,27)/t19?,20?,21?,22-,23-,24?;14?,15?,16-,17-/m00/s1. The highest BCUT2D eigenvalue weighted by Gasteiger charge is 2.71. The molecule has 5 saturated carbocycles. The SMILES string of the molecule is COC(=O)C(O)C(CC1CCC1)NC(=O)[C@@H]1C2C(CN1C(=O)[C@@H](NC(=O)OC(C)(C)C)C1CCCCC1)C2(C)C.COC(=O)[C@@H]1C2C(CN1C(=O)[C@@H](NC(=O)OC(C)(C)C)C1CCCCC1)C2(C)C. The number of amides is 5. The van der Waals surface area contributed by atoms with Crippen LogP contribution >= 0.6 is 0 Å². The molecule has 2 saturated heterocycles. The van der Waals surface area contributed by atoms with Gasteiger partial charge in [-0.3, -0.25) is 14.4 Å². The fraction of sp³-hybridized carbons (Fsp3) is 0.865. The minimum Gasteiger partial charge on any atom is -0.467 e. The van der Waals surface area contributed by atoms with Crippen LogP contribution in [0.25, 0.3) is 0 Å². The van der Waals surface area contributed by atoms with E-state index >= 15 is 0 Å². The number of carbonyl (C=O) groups is 7. The Morgan fingerprint density at radius 2 is 1.01 bits per heavy atom. The lowest BCUT2D eigenvalue weighted by atomic mass is 9.79. The molecule has 4 N–H and O–H groups in total. The predicted octanol–water partition coefficient (Wildman–Crippen LogP) is 6.27. The number of hydrogen-bond donors (Lipinski definition) is 4. The molecule has 17 nitrogen and oxygen atoms in total. The fourth-order valence-electron chi connectivity index (χ4n) is 12.5. The van der Waals surface area contributed by atoms with Gasteiger partial charge in [0.2, 0.25) is 17.7 Å². The van der Waals surface area contributed by atoms with E-state index in [4.69, 9.17) is 18.9 Å². The molecule has 10 atom stereocenters. The molecule has 0 bridgehead atoms. The highest BCUT2D eigenvalue weighted by atomic mass is 16.6. The molecule has 17 heteroatoms. The van der Waals surface area contributed by atoms with Crippen LogP contribution in [0.5, 0.6) is 0 Å². The van der Waals surface area contributed by atoms with Crippen molar-refractivity contribution in [1.29, 1.82) is 0 Å². The lowest BCUT2D eigenvalue weighted by Crippen LogP contribution is -2.60. The molecule has 6 unspecified atom stereocenters. The second kappa shape index (κ2) is 21.3. The second-order valence-corrected chi connectivity index (χ2v) is 24.5. The predicted molar refractivity (Wildman–Crippen MR) is 256 cm³/mol. The summed E-state index contributed by atoms with van der Waals surface area (Å²) in [6.07, 6.45) is 10.6. The summed E-state index contributed by atoms with van der Waals surface area (Å²) >= 11 is 0. The second-order valence-electron chi connectivity index (χ2n) is 24.5. The number of ether oxygens (including phenoxy) is 4. The number of likely N-dealkylation sites (tertiary alicyclic amines) is 2. The van der Waals surface area contributed by atoms with E-state index < -0.39 is 65.7 Å². The van der Waals surface area contributed by atoms with Gasteiger partial charge in [-0.2, -0.15) is 0 Å². The summed E-state index contributed by atoms with van der Waals surface area (Å²) in [4.78, 5) is 95.1. The van der Waals surface area contributed by atoms with Gasteiger partial charge in [0.25, 0.3) is 0 Å². The average molecular weight is 972 g/mol. The number of aliphatic hydroxyl groups is 1. The molecule has 7 rings (SSSR count). The molecule has 5 aliphatic carbocycles. The van der Waals surface area contributed by atoms with Crippen molar-refractivity contribution in [2.24, 2.45) is 52.3 Å². The molecule has 0 radical (unpaired) electrons. The Morgan fingerprint density at radius 3 is 1.39 bits per heavy atom. The van der Waals surface area contributed by atoms with Gasteiger partial charge in [0, 0.05) is 19.0 Å². The van der Waals surface area contributed by atoms with E-state index in [0.29, 0.717) is 31.3 Å². The summed E-state index contributed by atoms with van der Waals surface area (Å²) < 4.78 is 20.7. The van der Waals surface area contributed by atoms with E-state index in [9.17, 15) is 38.7 Å². The molecule has 390 valence electrons. The third-order valence-electron chi connectivity index (χ3n) is 16.8. The van der Waals surface area contributed by atoms with Crippen molar-refractivity contribution < 1.29 is 57.6 Å². The Hall–Kier alpha value is -4.15. The van der Waals surface area contributed by atoms with Crippen LogP contribution in [-0.4, -0.2) is 132 Å². The summed E-state index contributed by atoms with van der Waals surface area (Å²) in [5, 5.41) is 19.4. The number of carbonyl (C=O) groups excluding carboxylic acids is 7. The van der Waals surface area contributed by atoms with Gasteiger partial charge in [0.15, 0.2) is 6.10 Å². The first-order chi connectivity index (χ1) is 32.2. The summed E-state index contributed by atoms with van der Waals surface area (Å²) in [6.45, 7) is 20.2. The smallest absolute Gasteiger partial charge is 0.408 e. The van der Waals surface area contributed by atoms with Gasteiger partial charge in [-0.15, -0.1) is 0 Å². The topological polar surface area (TPSA) is 219 Å².